The molecular formula is C17H22FNO4. The van der Waals surface area contributed by atoms with Crippen molar-refractivity contribution in [2.45, 2.75) is 31.4 Å². The maximum absolute atomic E-state index is 12.9. The van der Waals surface area contributed by atoms with E-state index >= 15 is 0 Å². The predicted octanol–water partition coefficient (Wildman–Crippen LogP) is 1.59. The molecule has 0 unspecified atom stereocenters. The third-order valence-electron chi connectivity index (χ3n) is 4.65. The highest BCUT2D eigenvalue weighted by Crippen LogP contribution is 2.30. The molecule has 2 aliphatic heterocycles. The smallest absolute Gasteiger partial charge is 0.260 e. The molecule has 6 heteroatoms. The Hall–Kier alpha value is -1.66. The van der Waals surface area contributed by atoms with Gasteiger partial charge in [0.15, 0.2) is 6.61 Å². The largest absolute Gasteiger partial charge is 0.484 e. The molecule has 0 bridgehead atoms. The van der Waals surface area contributed by atoms with E-state index in [1.165, 1.54) is 24.3 Å². The van der Waals surface area contributed by atoms with E-state index in [1.54, 1.807) is 4.90 Å². The van der Waals surface area contributed by atoms with Crippen LogP contribution in [0.15, 0.2) is 24.3 Å². The lowest BCUT2D eigenvalue weighted by Gasteiger charge is -2.36. The molecular weight excluding hydrogens is 301 g/mol. The van der Waals surface area contributed by atoms with Gasteiger partial charge in [-0.2, -0.15) is 0 Å². The van der Waals surface area contributed by atoms with Crippen LogP contribution in [0.5, 0.6) is 5.75 Å². The van der Waals surface area contributed by atoms with Crippen molar-refractivity contribution < 1.29 is 23.8 Å². The van der Waals surface area contributed by atoms with Gasteiger partial charge < -0.3 is 19.5 Å². The van der Waals surface area contributed by atoms with Gasteiger partial charge in [-0.05, 0) is 43.5 Å². The second kappa shape index (κ2) is 7.27. The lowest BCUT2D eigenvalue weighted by atomic mass is 9.89. The number of amides is 1. The Kier molecular flexibility index (Phi) is 5.13. The number of likely N-dealkylation sites (tertiary alicyclic amines) is 1. The van der Waals surface area contributed by atoms with E-state index in [0.717, 1.165) is 12.8 Å². The average Bonchev–Trinajstić information content (AvgIpc) is 3.04. The lowest BCUT2D eigenvalue weighted by Crippen LogP contribution is -2.49. The first-order chi connectivity index (χ1) is 11.1. The van der Waals surface area contributed by atoms with Gasteiger partial charge in [0.25, 0.3) is 5.91 Å². The van der Waals surface area contributed by atoms with Crippen molar-refractivity contribution in [3.8, 4) is 5.75 Å². The minimum atomic E-state index is -0.417. The molecule has 0 saturated carbocycles. The van der Waals surface area contributed by atoms with Crippen LogP contribution in [-0.2, 0) is 9.53 Å². The molecule has 3 atom stereocenters. The zero-order chi connectivity index (χ0) is 16.2. The topological polar surface area (TPSA) is 59.0 Å². The minimum absolute atomic E-state index is 0.00891. The Labute approximate surface area is 135 Å². The maximum atomic E-state index is 12.9. The Morgan fingerprint density at radius 3 is 2.87 bits per heavy atom. The molecule has 2 aliphatic rings. The summed E-state index contributed by atoms with van der Waals surface area (Å²) in [5.74, 6) is 0.00159. The zero-order valence-corrected chi connectivity index (χ0v) is 13.0. The molecule has 3 rings (SSSR count). The molecule has 0 radical (unpaired) electrons. The highest BCUT2D eigenvalue weighted by Gasteiger charge is 2.39. The van der Waals surface area contributed by atoms with Crippen molar-refractivity contribution in [1.82, 2.24) is 4.90 Å². The van der Waals surface area contributed by atoms with Crippen LogP contribution in [0.2, 0.25) is 0 Å². The molecule has 1 aromatic carbocycles. The van der Waals surface area contributed by atoms with Crippen molar-refractivity contribution >= 4 is 5.91 Å². The number of halogens is 1. The lowest BCUT2D eigenvalue weighted by molar-refractivity contribution is -0.138. The van der Waals surface area contributed by atoms with E-state index in [4.69, 9.17) is 9.47 Å². The molecule has 1 N–H and O–H groups in total. The van der Waals surface area contributed by atoms with Crippen molar-refractivity contribution in [1.29, 1.82) is 0 Å². The highest BCUT2D eigenvalue weighted by molar-refractivity contribution is 5.78. The van der Waals surface area contributed by atoms with Crippen molar-refractivity contribution in [2.24, 2.45) is 5.92 Å². The molecule has 5 nitrogen and oxygen atoms in total. The monoisotopic (exact) mass is 323 g/mol. The zero-order valence-electron chi connectivity index (χ0n) is 13.0. The maximum Gasteiger partial charge on any atom is 0.260 e. The number of aliphatic hydroxyl groups is 1. The van der Waals surface area contributed by atoms with Gasteiger partial charge in [0.05, 0.1) is 12.7 Å². The van der Waals surface area contributed by atoms with Gasteiger partial charge in [-0.3, -0.25) is 4.79 Å². The van der Waals surface area contributed by atoms with Gasteiger partial charge in [0.1, 0.15) is 11.6 Å². The number of ether oxygens (including phenoxy) is 2. The van der Waals surface area contributed by atoms with E-state index in [1.807, 2.05) is 0 Å². The molecule has 23 heavy (non-hydrogen) atoms. The summed E-state index contributed by atoms with van der Waals surface area (Å²) in [6.45, 7) is 1.67. The van der Waals surface area contributed by atoms with Crippen LogP contribution >= 0.6 is 0 Å². The summed E-state index contributed by atoms with van der Waals surface area (Å²) in [5.41, 5.74) is 0. The predicted molar refractivity (Wildman–Crippen MR) is 81.6 cm³/mol. The van der Waals surface area contributed by atoms with Gasteiger partial charge in [0.2, 0.25) is 0 Å². The summed E-state index contributed by atoms with van der Waals surface area (Å²) < 4.78 is 23.8. The van der Waals surface area contributed by atoms with Crippen LogP contribution < -0.4 is 4.74 Å². The third-order valence-corrected chi connectivity index (χ3v) is 4.65. The number of carbonyl (C=O) groups excluding carboxylic acids is 1. The molecule has 0 aliphatic carbocycles. The van der Waals surface area contributed by atoms with Crippen molar-refractivity contribution in [3.05, 3.63) is 30.1 Å². The molecule has 1 aromatic rings. The first kappa shape index (κ1) is 16.2. The minimum Gasteiger partial charge on any atom is -0.484 e. The standard InChI is InChI=1S/C17H22FNO4/c18-12-3-5-13(6-4-12)23-11-17(21)19-8-1-2-15(19)14-10-22-9-7-16(14)20/h3-6,14-16,20H,1-2,7-11H2/t14-,15-,16-/m1/s1. The van der Waals surface area contributed by atoms with Gasteiger partial charge in [-0.25, -0.2) is 4.39 Å². The number of aliphatic hydroxyl groups excluding tert-OH is 1. The summed E-state index contributed by atoms with van der Waals surface area (Å²) in [7, 11) is 0. The normalized spacial score (nSPS) is 27.9. The van der Waals surface area contributed by atoms with Gasteiger partial charge in [0, 0.05) is 25.1 Å². The molecule has 126 valence electrons. The van der Waals surface area contributed by atoms with Crippen LogP contribution in [0.3, 0.4) is 0 Å². The average molecular weight is 323 g/mol. The number of hydrogen-bond acceptors (Lipinski definition) is 4. The van der Waals surface area contributed by atoms with Crippen molar-refractivity contribution in [2.75, 3.05) is 26.4 Å². The SMILES string of the molecule is O=C(COc1ccc(F)cc1)N1CCC[C@@H]1[C@H]1COCC[C@H]1O. The van der Waals surface area contributed by atoms with Crippen LogP contribution in [-0.4, -0.2) is 54.4 Å². The molecule has 1 amide bonds. The van der Waals surface area contributed by atoms with Crippen LogP contribution in [0.25, 0.3) is 0 Å². The van der Waals surface area contributed by atoms with E-state index < -0.39 is 6.10 Å². The number of nitrogens with zero attached hydrogens (tertiary/aromatic N) is 1. The van der Waals surface area contributed by atoms with Gasteiger partial charge in [-0.15, -0.1) is 0 Å². The second-order valence-electron chi connectivity index (χ2n) is 6.13. The van der Waals surface area contributed by atoms with E-state index in [2.05, 4.69) is 0 Å². The van der Waals surface area contributed by atoms with Crippen LogP contribution in [0.1, 0.15) is 19.3 Å². The second-order valence-corrected chi connectivity index (χ2v) is 6.13. The molecule has 0 aromatic heterocycles. The summed E-state index contributed by atoms with van der Waals surface area (Å²) in [6.07, 6.45) is 2.01. The van der Waals surface area contributed by atoms with E-state index in [-0.39, 0.29) is 30.3 Å². The summed E-state index contributed by atoms with van der Waals surface area (Å²) >= 11 is 0. The number of carbonyl (C=O) groups is 1. The van der Waals surface area contributed by atoms with Crippen molar-refractivity contribution in [3.63, 3.8) is 0 Å². The van der Waals surface area contributed by atoms with E-state index in [0.29, 0.717) is 31.9 Å². The quantitative estimate of drug-likeness (QED) is 0.914. The van der Waals surface area contributed by atoms with E-state index in [9.17, 15) is 14.3 Å². The fourth-order valence-electron chi connectivity index (χ4n) is 3.42. The fourth-order valence-corrected chi connectivity index (χ4v) is 3.42. The third kappa shape index (κ3) is 3.82. The first-order valence-electron chi connectivity index (χ1n) is 8.09. The molecule has 0 spiro atoms. The first-order valence-corrected chi connectivity index (χ1v) is 8.09. The summed E-state index contributed by atoms with van der Waals surface area (Å²) in [6, 6.07) is 5.61. The summed E-state index contributed by atoms with van der Waals surface area (Å²) in [5, 5.41) is 10.2. The van der Waals surface area contributed by atoms with Crippen LogP contribution in [0.4, 0.5) is 4.39 Å². The number of benzene rings is 1. The Bertz CT molecular complexity index is 536. The Morgan fingerprint density at radius 2 is 2.13 bits per heavy atom. The Balaban J connectivity index is 1.58. The molecule has 2 saturated heterocycles. The summed E-state index contributed by atoms with van der Waals surface area (Å²) in [4.78, 5) is 14.2. The number of rotatable bonds is 4. The molecule has 2 fully saturated rings. The molecule has 2 heterocycles. The van der Waals surface area contributed by atoms with Crippen LogP contribution in [0, 0.1) is 11.7 Å². The number of hydrogen-bond donors (Lipinski definition) is 1. The highest BCUT2D eigenvalue weighted by atomic mass is 19.1. The fraction of sp³-hybridized carbons (Fsp3) is 0.588. The van der Waals surface area contributed by atoms with Gasteiger partial charge in [-0.1, -0.05) is 0 Å². The Morgan fingerprint density at radius 1 is 1.35 bits per heavy atom. The van der Waals surface area contributed by atoms with Gasteiger partial charge >= 0.3 is 0 Å².